The van der Waals surface area contributed by atoms with E-state index in [2.05, 4.69) is 41.4 Å². The molecule has 2 unspecified atom stereocenters. The third-order valence-corrected chi connectivity index (χ3v) is 4.49. The summed E-state index contributed by atoms with van der Waals surface area (Å²) in [6, 6.07) is 9.57. The number of nitrogens with one attached hydrogen (secondary N) is 1. The van der Waals surface area contributed by atoms with Crippen molar-refractivity contribution in [3.8, 4) is 0 Å². The molecule has 1 fully saturated rings. The Morgan fingerprint density at radius 1 is 1.30 bits per heavy atom. The third kappa shape index (κ3) is 4.05. The van der Waals surface area contributed by atoms with Gasteiger partial charge in [-0.25, -0.2) is 0 Å². The molecule has 112 valence electrons. The Hall–Kier alpha value is -0.900. The summed E-state index contributed by atoms with van der Waals surface area (Å²) in [7, 11) is 2.03. The van der Waals surface area contributed by atoms with Crippen LogP contribution in [0.2, 0.25) is 0 Å². The molecule has 1 aliphatic rings. The van der Waals surface area contributed by atoms with Gasteiger partial charge in [0.05, 0.1) is 6.61 Å². The number of hydrogen-bond acceptors (Lipinski definition) is 3. The van der Waals surface area contributed by atoms with Gasteiger partial charge in [-0.3, -0.25) is 4.90 Å². The first-order chi connectivity index (χ1) is 9.74. The maximum absolute atomic E-state index is 9.47. The fourth-order valence-corrected chi connectivity index (χ4v) is 3.13. The first-order valence-corrected chi connectivity index (χ1v) is 7.83. The second kappa shape index (κ2) is 7.77. The number of likely N-dealkylation sites (tertiary alicyclic amines) is 1. The van der Waals surface area contributed by atoms with Gasteiger partial charge in [0.25, 0.3) is 0 Å². The van der Waals surface area contributed by atoms with Gasteiger partial charge in [-0.15, -0.1) is 0 Å². The van der Waals surface area contributed by atoms with E-state index in [0.717, 1.165) is 25.9 Å². The highest BCUT2D eigenvalue weighted by atomic mass is 16.3. The van der Waals surface area contributed by atoms with Crippen LogP contribution < -0.4 is 5.32 Å². The Labute approximate surface area is 123 Å². The van der Waals surface area contributed by atoms with E-state index in [4.69, 9.17) is 0 Å². The highest BCUT2D eigenvalue weighted by Crippen LogP contribution is 2.21. The number of nitrogens with zero attached hydrogens (tertiary/aromatic N) is 1. The van der Waals surface area contributed by atoms with E-state index in [0.29, 0.717) is 18.7 Å². The summed E-state index contributed by atoms with van der Waals surface area (Å²) >= 11 is 0. The molecule has 2 N–H and O–H groups in total. The van der Waals surface area contributed by atoms with E-state index in [9.17, 15) is 5.11 Å². The lowest BCUT2D eigenvalue weighted by atomic mass is 9.99. The van der Waals surface area contributed by atoms with Gasteiger partial charge in [0.2, 0.25) is 0 Å². The van der Waals surface area contributed by atoms with E-state index in [-0.39, 0.29) is 0 Å². The standard InChI is InChI=1S/C17H28N2O/c1-14-6-8-15(9-7-14)17(18-2)10-12-19-11-4-3-5-16(19)13-20/h6-9,16-18,20H,3-5,10-13H2,1-2H3. The molecular formula is C17H28N2O. The van der Waals surface area contributed by atoms with E-state index in [1.807, 2.05) is 7.05 Å². The summed E-state index contributed by atoms with van der Waals surface area (Å²) < 4.78 is 0. The fraction of sp³-hybridized carbons (Fsp3) is 0.647. The molecule has 2 rings (SSSR count). The zero-order valence-corrected chi connectivity index (χ0v) is 12.8. The van der Waals surface area contributed by atoms with E-state index < -0.39 is 0 Å². The molecule has 0 radical (unpaired) electrons. The second-order valence-electron chi connectivity index (χ2n) is 5.91. The zero-order valence-electron chi connectivity index (χ0n) is 12.8. The average Bonchev–Trinajstić information content (AvgIpc) is 2.50. The van der Waals surface area contributed by atoms with Crippen LogP contribution in [-0.4, -0.2) is 42.8 Å². The minimum absolute atomic E-state index is 0.300. The molecule has 1 aliphatic heterocycles. The number of piperidine rings is 1. The summed E-state index contributed by atoms with van der Waals surface area (Å²) in [6.45, 7) is 4.62. The largest absolute Gasteiger partial charge is 0.395 e. The molecule has 0 aliphatic carbocycles. The van der Waals surface area contributed by atoms with Crippen molar-refractivity contribution in [1.29, 1.82) is 0 Å². The average molecular weight is 276 g/mol. The van der Waals surface area contributed by atoms with Crippen molar-refractivity contribution in [2.24, 2.45) is 0 Å². The van der Waals surface area contributed by atoms with Crippen LogP contribution in [0.15, 0.2) is 24.3 Å². The van der Waals surface area contributed by atoms with Gasteiger partial charge < -0.3 is 10.4 Å². The molecule has 2 atom stereocenters. The molecule has 20 heavy (non-hydrogen) atoms. The summed E-state index contributed by atoms with van der Waals surface area (Å²) in [4.78, 5) is 2.46. The number of rotatable bonds is 6. The van der Waals surface area contributed by atoms with Gasteiger partial charge in [0, 0.05) is 18.6 Å². The zero-order chi connectivity index (χ0) is 14.4. The highest BCUT2D eigenvalue weighted by molar-refractivity contribution is 5.24. The summed E-state index contributed by atoms with van der Waals surface area (Å²) in [5, 5.41) is 12.9. The maximum atomic E-state index is 9.47. The van der Waals surface area contributed by atoms with Crippen LogP contribution in [-0.2, 0) is 0 Å². The lowest BCUT2D eigenvalue weighted by Crippen LogP contribution is -2.43. The summed E-state index contributed by atoms with van der Waals surface area (Å²) in [5.74, 6) is 0. The van der Waals surface area contributed by atoms with Crippen molar-refractivity contribution in [2.45, 2.75) is 44.7 Å². The SMILES string of the molecule is CNC(CCN1CCCCC1CO)c1ccc(C)cc1. The number of aliphatic hydroxyl groups excluding tert-OH is 1. The number of aryl methyl sites for hydroxylation is 1. The Balaban J connectivity index is 1.91. The third-order valence-electron chi connectivity index (χ3n) is 4.49. The van der Waals surface area contributed by atoms with Crippen molar-refractivity contribution in [1.82, 2.24) is 10.2 Å². The van der Waals surface area contributed by atoms with Crippen LogP contribution in [0.4, 0.5) is 0 Å². The molecule has 0 amide bonds. The topological polar surface area (TPSA) is 35.5 Å². The molecule has 0 aromatic heterocycles. The van der Waals surface area contributed by atoms with Crippen LogP contribution >= 0.6 is 0 Å². The Morgan fingerprint density at radius 2 is 2.05 bits per heavy atom. The predicted octanol–water partition coefficient (Wildman–Crippen LogP) is 2.49. The molecule has 0 saturated carbocycles. The molecular weight excluding hydrogens is 248 g/mol. The summed E-state index contributed by atoms with van der Waals surface area (Å²) in [5.41, 5.74) is 2.66. The van der Waals surface area contributed by atoms with Crippen LogP contribution in [0.1, 0.15) is 42.9 Å². The normalized spacial score (nSPS) is 21.9. The lowest BCUT2D eigenvalue weighted by molar-refractivity contribution is 0.0867. The molecule has 0 bridgehead atoms. The van der Waals surface area contributed by atoms with Gasteiger partial charge in [0.15, 0.2) is 0 Å². The van der Waals surface area contributed by atoms with Gasteiger partial charge in [-0.2, -0.15) is 0 Å². The van der Waals surface area contributed by atoms with Crippen LogP contribution in [0.25, 0.3) is 0 Å². The molecule has 1 aromatic carbocycles. The maximum Gasteiger partial charge on any atom is 0.0586 e. The van der Waals surface area contributed by atoms with Gasteiger partial charge >= 0.3 is 0 Å². The van der Waals surface area contributed by atoms with E-state index >= 15 is 0 Å². The Morgan fingerprint density at radius 3 is 2.70 bits per heavy atom. The first kappa shape index (κ1) is 15.5. The van der Waals surface area contributed by atoms with Crippen LogP contribution in [0.3, 0.4) is 0 Å². The molecule has 0 spiro atoms. The monoisotopic (exact) mass is 276 g/mol. The molecule has 1 aromatic rings. The number of aliphatic hydroxyl groups is 1. The number of hydrogen-bond donors (Lipinski definition) is 2. The minimum Gasteiger partial charge on any atom is -0.395 e. The Bertz CT molecular complexity index is 390. The highest BCUT2D eigenvalue weighted by Gasteiger charge is 2.22. The predicted molar refractivity (Wildman–Crippen MR) is 83.9 cm³/mol. The molecule has 1 saturated heterocycles. The number of benzene rings is 1. The molecule has 3 nitrogen and oxygen atoms in total. The van der Waals surface area contributed by atoms with Crippen molar-refractivity contribution in [2.75, 3.05) is 26.7 Å². The smallest absolute Gasteiger partial charge is 0.0586 e. The minimum atomic E-state index is 0.300. The van der Waals surface area contributed by atoms with Crippen molar-refractivity contribution < 1.29 is 5.11 Å². The van der Waals surface area contributed by atoms with Crippen LogP contribution in [0.5, 0.6) is 0 Å². The van der Waals surface area contributed by atoms with E-state index in [1.54, 1.807) is 0 Å². The van der Waals surface area contributed by atoms with Crippen molar-refractivity contribution >= 4 is 0 Å². The summed E-state index contributed by atoms with van der Waals surface area (Å²) in [6.07, 6.45) is 4.77. The van der Waals surface area contributed by atoms with Crippen LogP contribution in [0, 0.1) is 6.92 Å². The van der Waals surface area contributed by atoms with Gasteiger partial charge in [-0.1, -0.05) is 36.2 Å². The molecule has 3 heteroatoms. The van der Waals surface area contributed by atoms with Crippen molar-refractivity contribution in [3.63, 3.8) is 0 Å². The van der Waals surface area contributed by atoms with Gasteiger partial charge in [-0.05, 0) is 45.3 Å². The lowest BCUT2D eigenvalue weighted by Gasteiger charge is -2.35. The molecule has 1 heterocycles. The Kier molecular flexibility index (Phi) is 6.02. The first-order valence-electron chi connectivity index (χ1n) is 7.83. The van der Waals surface area contributed by atoms with E-state index in [1.165, 1.54) is 24.0 Å². The van der Waals surface area contributed by atoms with Gasteiger partial charge in [0.1, 0.15) is 0 Å². The van der Waals surface area contributed by atoms with Crippen molar-refractivity contribution in [3.05, 3.63) is 35.4 Å². The fourth-order valence-electron chi connectivity index (χ4n) is 3.13. The quantitative estimate of drug-likeness (QED) is 0.838. The second-order valence-corrected chi connectivity index (χ2v) is 5.91.